The Morgan fingerprint density at radius 3 is 2.74 bits per heavy atom. The van der Waals surface area contributed by atoms with Crippen LogP contribution >= 0.6 is 0 Å². The van der Waals surface area contributed by atoms with Gasteiger partial charge in [-0.2, -0.15) is 0 Å². The SMILES string of the molecule is Cc1cc(CN(C)CCCOc2cccc(S(C)(=O)=O)c2)no1. The summed E-state index contributed by atoms with van der Waals surface area (Å²) in [6.45, 7) is 3.96. The third kappa shape index (κ3) is 5.69. The van der Waals surface area contributed by atoms with Gasteiger partial charge in [0.25, 0.3) is 0 Å². The number of sulfone groups is 1. The summed E-state index contributed by atoms with van der Waals surface area (Å²) in [5.41, 5.74) is 0.909. The lowest BCUT2D eigenvalue weighted by Crippen LogP contribution is -2.21. The number of benzene rings is 1. The van der Waals surface area contributed by atoms with Gasteiger partial charge in [0.1, 0.15) is 11.5 Å². The van der Waals surface area contributed by atoms with E-state index in [4.69, 9.17) is 9.26 Å². The summed E-state index contributed by atoms with van der Waals surface area (Å²) in [4.78, 5) is 2.40. The summed E-state index contributed by atoms with van der Waals surface area (Å²) < 4.78 is 33.7. The van der Waals surface area contributed by atoms with Crippen LogP contribution in [0.15, 0.2) is 39.8 Å². The first kappa shape index (κ1) is 17.5. The Kier molecular flexibility index (Phi) is 5.79. The molecule has 2 rings (SSSR count). The molecule has 0 bridgehead atoms. The van der Waals surface area contributed by atoms with Crippen LogP contribution in [-0.2, 0) is 16.4 Å². The fraction of sp³-hybridized carbons (Fsp3) is 0.438. The molecule has 23 heavy (non-hydrogen) atoms. The van der Waals surface area contributed by atoms with Crippen molar-refractivity contribution >= 4 is 9.84 Å². The van der Waals surface area contributed by atoms with E-state index in [2.05, 4.69) is 10.1 Å². The molecule has 0 spiro atoms. The van der Waals surface area contributed by atoms with Crippen LogP contribution in [0.25, 0.3) is 0 Å². The van der Waals surface area contributed by atoms with Gasteiger partial charge in [-0.15, -0.1) is 0 Å². The smallest absolute Gasteiger partial charge is 0.175 e. The molecule has 0 aliphatic heterocycles. The Bertz CT molecular complexity index is 740. The number of nitrogens with zero attached hydrogens (tertiary/aromatic N) is 2. The fourth-order valence-electron chi connectivity index (χ4n) is 2.17. The number of rotatable bonds is 8. The Balaban J connectivity index is 1.75. The van der Waals surface area contributed by atoms with E-state index in [9.17, 15) is 8.42 Å². The van der Waals surface area contributed by atoms with Gasteiger partial charge in [-0.1, -0.05) is 11.2 Å². The molecule has 0 aliphatic rings. The maximum Gasteiger partial charge on any atom is 0.175 e. The summed E-state index contributed by atoms with van der Waals surface area (Å²) in [6, 6.07) is 8.48. The Morgan fingerprint density at radius 1 is 1.30 bits per heavy atom. The Hall–Kier alpha value is -1.86. The van der Waals surface area contributed by atoms with E-state index in [1.54, 1.807) is 24.3 Å². The van der Waals surface area contributed by atoms with Crippen LogP contribution < -0.4 is 4.74 Å². The normalized spacial score (nSPS) is 11.8. The second-order valence-electron chi connectivity index (χ2n) is 5.62. The first-order valence-electron chi connectivity index (χ1n) is 7.38. The van der Waals surface area contributed by atoms with Crippen LogP contribution in [0.3, 0.4) is 0 Å². The van der Waals surface area contributed by atoms with Crippen LogP contribution in [-0.4, -0.2) is 44.9 Å². The van der Waals surface area contributed by atoms with Crippen LogP contribution in [0.1, 0.15) is 17.9 Å². The van der Waals surface area contributed by atoms with Gasteiger partial charge >= 0.3 is 0 Å². The monoisotopic (exact) mass is 338 g/mol. The first-order valence-corrected chi connectivity index (χ1v) is 9.27. The van der Waals surface area contributed by atoms with Gasteiger partial charge in [0.2, 0.25) is 0 Å². The molecule has 7 heteroatoms. The van der Waals surface area contributed by atoms with E-state index in [-0.39, 0.29) is 4.90 Å². The molecule has 126 valence electrons. The highest BCUT2D eigenvalue weighted by Gasteiger charge is 2.08. The molecule has 0 fully saturated rings. The van der Waals surface area contributed by atoms with Gasteiger partial charge in [-0.05, 0) is 38.6 Å². The second kappa shape index (κ2) is 7.61. The Labute approximate surface area is 137 Å². The molecule has 0 saturated carbocycles. The highest BCUT2D eigenvalue weighted by atomic mass is 32.2. The molecule has 2 aromatic rings. The molecule has 0 amide bonds. The lowest BCUT2D eigenvalue weighted by molar-refractivity contribution is 0.254. The predicted octanol–water partition coefficient (Wildman–Crippen LogP) is 2.29. The maximum atomic E-state index is 11.5. The molecule has 0 radical (unpaired) electrons. The van der Waals surface area contributed by atoms with E-state index in [0.717, 1.165) is 31.0 Å². The summed E-state index contributed by atoms with van der Waals surface area (Å²) in [5, 5.41) is 3.96. The Morgan fingerprint density at radius 2 is 2.09 bits per heavy atom. The van der Waals surface area contributed by atoms with Crippen molar-refractivity contribution in [3.05, 3.63) is 41.8 Å². The maximum absolute atomic E-state index is 11.5. The van der Waals surface area contributed by atoms with Crippen molar-refractivity contribution < 1.29 is 17.7 Å². The molecule has 1 aromatic heterocycles. The highest BCUT2D eigenvalue weighted by molar-refractivity contribution is 7.90. The average molecular weight is 338 g/mol. The number of hydrogen-bond acceptors (Lipinski definition) is 6. The average Bonchev–Trinajstić information content (AvgIpc) is 2.88. The van der Waals surface area contributed by atoms with E-state index >= 15 is 0 Å². The van der Waals surface area contributed by atoms with Gasteiger partial charge in [-0.3, -0.25) is 0 Å². The first-order chi connectivity index (χ1) is 10.8. The van der Waals surface area contributed by atoms with Crippen molar-refractivity contribution in [2.24, 2.45) is 0 Å². The predicted molar refractivity (Wildman–Crippen MR) is 87.2 cm³/mol. The summed E-state index contributed by atoms with van der Waals surface area (Å²) >= 11 is 0. The number of aromatic nitrogens is 1. The molecule has 1 heterocycles. The minimum Gasteiger partial charge on any atom is -0.494 e. The topological polar surface area (TPSA) is 72.6 Å². The zero-order chi connectivity index (χ0) is 16.9. The lowest BCUT2D eigenvalue weighted by Gasteiger charge is -2.15. The molecule has 0 N–H and O–H groups in total. The number of hydrogen-bond donors (Lipinski definition) is 0. The number of ether oxygens (including phenoxy) is 1. The standard InChI is InChI=1S/C16H22N2O4S/c1-13-10-14(17-22-13)12-18(2)8-5-9-21-15-6-4-7-16(11-15)23(3,19)20/h4,6-7,10-11H,5,8-9,12H2,1-3H3. The van der Waals surface area contributed by atoms with Crippen molar-refractivity contribution in [1.29, 1.82) is 0 Å². The largest absolute Gasteiger partial charge is 0.494 e. The van der Waals surface area contributed by atoms with Crippen LogP contribution in [0.2, 0.25) is 0 Å². The molecular weight excluding hydrogens is 316 g/mol. The van der Waals surface area contributed by atoms with Crippen molar-refractivity contribution in [1.82, 2.24) is 10.1 Å². The third-order valence-electron chi connectivity index (χ3n) is 3.30. The van der Waals surface area contributed by atoms with Gasteiger partial charge in [0.15, 0.2) is 9.84 Å². The molecule has 6 nitrogen and oxygen atoms in total. The number of aryl methyl sites for hydroxylation is 1. The summed E-state index contributed by atoms with van der Waals surface area (Å²) in [5.74, 6) is 1.38. The van der Waals surface area contributed by atoms with Gasteiger partial charge in [0.05, 0.1) is 17.2 Å². The zero-order valence-electron chi connectivity index (χ0n) is 13.7. The van der Waals surface area contributed by atoms with Crippen molar-refractivity contribution in [3.8, 4) is 5.75 Å². The highest BCUT2D eigenvalue weighted by Crippen LogP contribution is 2.17. The fourth-order valence-corrected chi connectivity index (χ4v) is 2.82. The van der Waals surface area contributed by atoms with E-state index in [1.807, 2.05) is 20.0 Å². The van der Waals surface area contributed by atoms with Crippen molar-refractivity contribution in [3.63, 3.8) is 0 Å². The van der Waals surface area contributed by atoms with E-state index in [1.165, 1.54) is 6.26 Å². The quantitative estimate of drug-likeness (QED) is 0.688. The minimum atomic E-state index is -3.21. The molecule has 0 saturated heterocycles. The van der Waals surface area contributed by atoms with Crippen LogP contribution in [0.4, 0.5) is 0 Å². The molecular formula is C16H22N2O4S. The summed E-state index contributed by atoms with van der Waals surface area (Å²) in [7, 11) is -1.20. The van der Waals surface area contributed by atoms with Crippen LogP contribution in [0, 0.1) is 6.92 Å². The third-order valence-corrected chi connectivity index (χ3v) is 4.41. The molecule has 0 unspecified atom stereocenters. The molecule has 1 aromatic carbocycles. The van der Waals surface area contributed by atoms with Crippen LogP contribution in [0.5, 0.6) is 5.75 Å². The van der Waals surface area contributed by atoms with Gasteiger partial charge in [-0.25, -0.2) is 8.42 Å². The van der Waals surface area contributed by atoms with Gasteiger partial charge in [0, 0.05) is 25.4 Å². The molecule has 0 atom stereocenters. The van der Waals surface area contributed by atoms with E-state index in [0.29, 0.717) is 12.4 Å². The molecule has 0 aliphatic carbocycles. The van der Waals surface area contributed by atoms with Gasteiger partial charge < -0.3 is 14.2 Å². The van der Waals surface area contributed by atoms with Crippen molar-refractivity contribution in [2.45, 2.75) is 24.8 Å². The zero-order valence-corrected chi connectivity index (χ0v) is 14.5. The van der Waals surface area contributed by atoms with E-state index < -0.39 is 9.84 Å². The summed E-state index contributed by atoms with van der Waals surface area (Å²) in [6.07, 6.45) is 2.02. The minimum absolute atomic E-state index is 0.272. The van der Waals surface area contributed by atoms with Crippen molar-refractivity contribution in [2.75, 3.05) is 26.5 Å². The lowest BCUT2D eigenvalue weighted by atomic mass is 10.3. The second-order valence-corrected chi connectivity index (χ2v) is 7.63.